The van der Waals surface area contributed by atoms with E-state index < -0.39 is 54.1 Å². The Morgan fingerprint density at radius 2 is 1.90 bits per heavy atom. The maximum atomic E-state index is 14.7. The maximum absolute atomic E-state index is 14.7. The summed E-state index contributed by atoms with van der Waals surface area (Å²) >= 11 is 0. The molecule has 31 heavy (non-hydrogen) atoms. The number of halogens is 6. The van der Waals surface area contributed by atoms with Crippen LogP contribution in [0.3, 0.4) is 0 Å². The Morgan fingerprint density at radius 1 is 1.13 bits per heavy atom. The molecule has 0 spiro atoms. The summed E-state index contributed by atoms with van der Waals surface area (Å²) in [5, 5.41) is 0.418. The van der Waals surface area contributed by atoms with Crippen molar-refractivity contribution >= 4 is 16.9 Å². The summed E-state index contributed by atoms with van der Waals surface area (Å²) in [5.74, 6) is -1.36. The number of aliphatic imine (C=N–C) groups is 1. The number of hydrogen-bond donors (Lipinski definition) is 1. The largest absolute Gasteiger partial charge is 0.452 e. The van der Waals surface area contributed by atoms with E-state index >= 15 is 0 Å². The lowest BCUT2D eigenvalue weighted by Crippen LogP contribution is -2.48. The van der Waals surface area contributed by atoms with Gasteiger partial charge >= 0.3 is 6.18 Å². The van der Waals surface area contributed by atoms with Gasteiger partial charge in [0.1, 0.15) is 23.8 Å². The molecule has 162 valence electrons. The van der Waals surface area contributed by atoms with E-state index in [0.717, 1.165) is 12.1 Å². The molecule has 2 aromatic carbocycles. The second-order valence-corrected chi connectivity index (χ2v) is 7.06. The van der Waals surface area contributed by atoms with Crippen LogP contribution in [-0.4, -0.2) is 34.9 Å². The Kier molecular flexibility index (Phi) is 4.98. The minimum atomic E-state index is -4.86. The van der Waals surface area contributed by atoms with E-state index in [2.05, 4.69) is 19.7 Å². The van der Waals surface area contributed by atoms with Crippen LogP contribution in [0, 0.1) is 11.6 Å². The van der Waals surface area contributed by atoms with Gasteiger partial charge in [-0.05, 0) is 36.4 Å². The topological polar surface area (TPSA) is 73.4 Å². The van der Waals surface area contributed by atoms with Gasteiger partial charge in [-0.15, -0.1) is 0 Å². The summed E-state index contributed by atoms with van der Waals surface area (Å²) in [7, 11) is 0. The molecule has 1 aliphatic heterocycles. The van der Waals surface area contributed by atoms with Gasteiger partial charge in [0.25, 0.3) is 6.02 Å². The van der Waals surface area contributed by atoms with Crippen LogP contribution in [0.1, 0.15) is 12.0 Å². The Hall–Kier alpha value is -3.37. The van der Waals surface area contributed by atoms with Crippen LogP contribution >= 0.6 is 0 Å². The molecule has 0 aliphatic carbocycles. The third-order valence-corrected chi connectivity index (χ3v) is 4.96. The Bertz CT molecular complexity index is 1180. The predicted octanol–water partition coefficient (Wildman–Crippen LogP) is 4.41. The first kappa shape index (κ1) is 20.9. The summed E-state index contributed by atoms with van der Waals surface area (Å²) in [6.45, 7) is -1.44. The molecule has 1 aromatic heterocycles. The highest BCUT2D eigenvalue weighted by atomic mass is 19.4. The molecule has 0 radical (unpaired) electrons. The fourth-order valence-electron chi connectivity index (χ4n) is 3.45. The fourth-order valence-corrected chi connectivity index (χ4v) is 3.45. The first-order chi connectivity index (χ1) is 14.6. The van der Waals surface area contributed by atoms with Gasteiger partial charge < -0.3 is 10.5 Å². The van der Waals surface area contributed by atoms with Crippen LogP contribution < -0.4 is 5.73 Å². The molecule has 2 heterocycles. The molecule has 2 unspecified atom stereocenters. The Morgan fingerprint density at radius 3 is 2.61 bits per heavy atom. The van der Waals surface area contributed by atoms with Crippen molar-refractivity contribution in [1.29, 1.82) is 0 Å². The molecule has 2 N–H and O–H groups in total. The van der Waals surface area contributed by atoms with Gasteiger partial charge in [0.05, 0.1) is 5.52 Å². The molecule has 2 atom stereocenters. The number of nitrogens with zero attached hydrogens (tertiary/aromatic N) is 3. The molecule has 5 nitrogen and oxygen atoms in total. The molecular formula is C20H14F6N4O. The highest BCUT2D eigenvalue weighted by Gasteiger charge is 2.52. The van der Waals surface area contributed by atoms with Crippen LogP contribution in [0.15, 0.2) is 47.6 Å². The highest BCUT2D eigenvalue weighted by Crippen LogP contribution is 2.42. The first-order valence-corrected chi connectivity index (χ1v) is 8.99. The minimum absolute atomic E-state index is 0.0887. The van der Waals surface area contributed by atoms with Crippen LogP contribution in [0.4, 0.5) is 26.3 Å². The van der Waals surface area contributed by atoms with E-state index in [4.69, 9.17) is 5.73 Å². The van der Waals surface area contributed by atoms with E-state index in [9.17, 15) is 26.3 Å². The van der Waals surface area contributed by atoms with Gasteiger partial charge in [0.2, 0.25) is 0 Å². The summed E-state index contributed by atoms with van der Waals surface area (Å²) in [5.41, 5.74) is 3.30. The predicted molar refractivity (Wildman–Crippen MR) is 99.7 cm³/mol. The zero-order valence-electron chi connectivity index (χ0n) is 15.6. The lowest BCUT2D eigenvalue weighted by Gasteiger charge is -2.36. The normalized spacial score (nSPS) is 21.6. The SMILES string of the molecule is NC1=NC(CF)(c2cc(-c3ncc4cc(F)ccc4n3)ccc2F)CC(C(F)(F)F)O1. The number of fused-ring (bicyclic) bond motifs is 1. The van der Waals surface area contributed by atoms with Crippen LogP contribution in [0.25, 0.3) is 22.3 Å². The number of hydrogen-bond acceptors (Lipinski definition) is 5. The molecule has 0 bridgehead atoms. The molecule has 4 rings (SSSR count). The summed E-state index contributed by atoms with van der Waals surface area (Å²) in [4.78, 5) is 12.0. The van der Waals surface area contributed by atoms with Crippen molar-refractivity contribution in [2.75, 3.05) is 6.67 Å². The van der Waals surface area contributed by atoms with E-state index in [-0.39, 0.29) is 11.4 Å². The summed E-state index contributed by atoms with van der Waals surface area (Å²) < 4.78 is 86.3. The van der Waals surface area contributed by atoms with Gasteiger partial charge in [-0.25, -0.2) is 28.1 Å². The van der Waals surface area contributed by atoms with Crippen molar-refractivity contribution in [3.63, 3.8) is 0 Å². The first-order valence-electron chi connectivity index (χ1n) is 8.99. The second kappa shape index (κ2) is 7.40. The van der Waals surface area contributed by atoms with Gasteiger partial charge in [0, 0.05) is 29.1 Å². The number of aromatic nitrogens is 2. The fraction of sp³-hybridized carbons (Fsp3) is 0.250. The van der Waals surface area contributed by atoms with Crippen molar-refractivity contribution in [1.82, 2.24) is 9.97 Å². The third-order valence-electron chi connectivity index (χ3n) is 4.96. The van der Waals surface area contributed by atoms with Crippen molar-refractivity contribution in [3.8, 4) is 11.4 Å². The number of amidine groups is 1. The summed E-state index contributed by atoms with van der Waals surface area (Å²) in [6, 6.07) is 6.34. The maximum Gasteiger partial charge on any atom is 0.425 e. The molecular weight excluding hydrogens is 426 g/mol. The number of nitrogens with two attached hydrogens (primary N) is 1. The highest BCUT2D eigenvalue weighted by molar-refractivity contribution is 5.79. The van der Waals surface area contributed by atoms with Crippen LogP contribution in [0.5, 0.6) is 0 Å². The number of alkyl halides is 4. The monoisotopic (exact) mass is 440 g/mol. The van der Waals surface area contributed by atoms with E-state index in [1.807, 2.05) is 0 Å². The van der Waals surface area contributed by atoms with Crippen LogP contribution in [-0.2, 0) is 10.3 Å². The van der Waals surface area contributed by atoms with Crippen LogP contribution in [0.2, 0.25) is 0 Å². The van der Waals surface area contributed by atoms with Gasteiger partial charge in [-0.2, -0.15) is 13.2 Å². The molecule has 11 heteroatoms. The molecule has 1 aliphatic rings. The zero-order chi connectivity index (χ0) is 22.4. The number of ether oxygens (including phenoxy) is 1. The van der Waals surface area contributed by atoms with E-state index in [1.165, 1.54) is 30.5 Å². The second-order valence-electron chi connectivity index (χ2n) is 7.06. The van der Waals surface area contributed by atoms with Crippen molar-refractivity contribution in [3.05, 3.63) is 59.8 Å². The molecule has 0 amide bonds. The molecule has 0 saturated heterocycles. The molecule has 0 fully saturated rings. The van der Waals surface area contributed by atoms with Crippen molar-refractivity contribution in [2.24, 2.45) is 10.7 Å². The smallest absolute Gasteiger partial charge is 0.425 e. The number of benzene rings is 2. The van der Waals surface area contributed by atoms with E-state index in [1.54, 1.807) is 0 Å². The van der Waals surface area contributed by atoms with Crippen molar-refractivity contribution in [2.45, 2.75) is 24.2 Å². The molecule has 0 saturated carbocycles. The standard InChI is InChI=1S/C20H14F6N4O/c21-9-19(7-16(20(24,25)26)31-18(27)30-19)13-6-10(1-3-14(13)23)17-28-8-11-5-12(22)2-4-15(11)29-17/h1-6,8,16H,7,9H2,(H2,27,30). The van der Waals surface area contributed by atoms with Gasteiger partial charge in [-0.1, -0.05) is 0 Å². The summed E-state index contributed by atoms with van der Waals surface area (Å²) in [6.07, 6.45) is -6.95. The quantitative estimate of drug-likeness (QED) is 0.613. The average Bonchev–Trinajstić information content (AvgIpc) is 2.72. The van der Waals surface area contributed by atoms with Crippen molar-refractivity contribution < 1.29 is 31.1 Å². The number of rotatable bonds is 3. The Balaban J connectivity index is 1.82. The third kappa shape index (κ3) is 3.87. The lowest BCUT2D eigenvalue weighted by atomic mass is 9.84. The zero-order valence-corrected chi connectivity index (χ0v) is 15.6. The average molecular weight is 440 g/mol. The van der Waals surface area contributed by atoms with Gasteiger partial charge in [-0.3, -0.25) is 0 Å². The van der Waals surface area contributed by atoms with Gasteiger partial charge in [0.15, 0.2) is 11.9 Å². The Labute approximate surface area is 171 Å². The van der Waals surface area contributed by atoms with E-state index in [0.29, 0.717) is 10.9 Å². The minimum Gasteiger partial charge on any atom is -0.452 e. The lowest BCUT2D eigenvalue weighted by molar-refractivity contribution is -0.209. The molecule has 3 aromatic rings.